The van der Waals surface area contributed by atoms with Crippen LogP contribution in [0.5, 0.6) is 0 Å². The Morgan fingerprint density at radius 3 is 2.59 bits per heavy atom. The lowest BCUT2D eigenvalue weighted by molar-refractivity contribution is -0.145. The van der Waals surface area contributed by atoms with E-state index in [1.807, 2.05) is 6.92 Å². The molecular weight excluding hydrogens is 224 g/mol. The first-order valence-corrected chi connectivity index (χ1v) is 5.78. The van der Waals surface area contributed by atoms with Gasteiger partial charge >= 0.3 is 5.97 Å². The minimum Gasteiger partial charge on any atom is -0.480 e. The topological polar surface area (TPSA) is 92.9 Å². The van der Waals surface area contributed by atoms with E-state index >= 15 is 0 Å². The van der Waals surface area contributed by atoms with Crippen molar-refractivity contribution in [1.82, 2.24) is 4.90 Å². The van der Waals surface area contributed by atoms with Crippen LogP contribution in [0.1, 0.15) is 26.2 Å². The number of carboxylic acid groups (broad SMARTS) is 1. The first-order chi connectivity index (χ1) is 8.02. The smallest absolute Gasteiger partial charge is 0.323 e. The Labute approximate surface area is 102 Å². The van der Waals surface area contributed by atoms with Crippen molar-refractivity contribution in [2.24, 2.45) is 5.73 Å². The van der Waals surface area contributed by atoms with Crippen LogP contribution in [-0.4, -0.2) is 54.7 Å². The average molecular weight is 246 g/mol. The van der Waals surface area contributed by atoms with Crippen LogP contribution in [0.4, 0.5) is 0 Å². The zero-order chi connectivity index (χ0) is 13.3. The molecule has 0 radical (unpaired) electrons. The van der Waals surface area contributed by atoms with Gasteiger partial charge in [0.05, 0.1) is 12.6 Å². The number of unbranched alkanes of at least 4 members (excludes halogenated alkanes) is 1. The Balaban J connectivity index is 4.33. The van der Waals surface area contributed by atoms with Gasteiger partial charge in [0, 0.05) is 13.7 Å². The number of aliphatic carboxylic acids is 1. The van der Waals surface area contributed by atoms with Crippen molar-refractivity contribution in [2.45, 2.75) is 32.2 Å². The maximum Gasteiger partial charge on any atom is 0.323 e. The maximum absolute atomic E-state index is 11.9. The van der Waals surface area contributed by atoms with E-state index in [0.29, 0.717) is 13.0 Å². The van der Waals surface area contributed by atoms with Crippen molar-refractivity contribution in [3.63, 3.8) is 0 Å². The largest absolute Gasteiger partial charge is 0.480 e. The standard InChI is InChI=1S/C11H22N2O4/c1-3-4-5-9(12)11(16)13(6-7-17-2)8-10(14)15/h9H,3-8,12H2,1-2H3,(H,14,15). The predicted molar refractivity (Wildman–Crippen MR) is 63.6 cm³/mol. The fourth-order valence-corrected chi connectivity index (χ4v) is 1.41. The Morgan fingerprint density at radius 1 is 1.47 bits per heavy atom. The van der Waals surface area contributed by atoms with E-state index in [1.54, 1.807) is 0 Å². The van der Waals surface area contributed by atoms with Gasteiger partial charge in [-0.25, -0.2) is 0 Å². The zero-order valence-electron chi connectivity index (χ0n) is 10.5. The molecule has 0 fully saturated rings. The molecule has 0 aromatic carbocycles. The van der Waals surface area contributed by atoms with Crippen molar-refractivity contribution < 1.29 is 19.4 Å². The number of carbonyl (C=O) groups is 2. The molecule has 0 aliphatic rings. The van der Waals surface area contributed by atoms with Gasteiger partial charge in [0.2, 0.25) is 5.91 Å². The van der Waals surface area contributed by atoms with Crippen molar-refractivity contribution in [2.75, 3.05) is 26.8 Å². The summed E-state index contributed by atoms with van der Waals surface area (Å²) in [5.41, 5.74) is 5.73. The number of hydrogen-bond acceptors (Lipinski definition) is 4. The number of nitrogens with two attached hydrogens (primary N) is 1. The monoisotopic (exact) mass is 246 g/mol. The molecule has 0 aromatic rings. The summed E-state index contributed by atoms with van der Waals surface area (Å²) in [4.78, 5) is 23.7. The van der Waals surface area contributed by atoms with Crippen LogP contribution in [0.25, 0.3) is 0 Å². The predicted octanol–water partition coefficient (Wildman–Crippen LogP) is 0.0635. The first kappa shape index (κ1) is 15.9. The van der Waals surface area contributed by atoms with Crippen molar-refractivity contribution in [3.05, 3.63) is 0 Å². The summed E-state index contributed by atoms with van der Waals surface area (Å²) >= 11 is 0. The molecule has 0 aromatic heterocycles. The van der Waals surface area contributed by atoms with E-state index in [4.69, 9.17) is 15.6 Å². The van der Waals surface area contributed by atoms with E-state index in [-0.39, 0.29) is 19.0 Å². The summed E-state index contributed by atoms with van der Waals surface area (Å²) in [6, 6.07) is -0.619. The molecule has 0 aliphatic carbocycles. The van der Waals surface area contributed by atoms with Crippen LogP contribution in [0.15, 0.2) is 0 Å². The highest BCUT2D eigenvalue weighted by Gasteiger charge is 2.22. The van der Waals surface area contributed by atoms with E-state index < -0.39 is 12.0 Å². The molecule has 0 rings (SSSR count). The molecule has 17 heavy (non-hydrogen) atoms. The summed E-state index contributed by atoms with van der Waals surface area (Å²) in [5.74, 6) is -1.37. The second kappa shape index (κ2) is 8.95. The summed E-state index contributed by atoms with van der Waals surface area (Å²) in [6.07, 6.45) is 2.40. The highest BCUT2D eigenvalue weighted by Crippen LogP contribution is 2.03. The molecule has 0 saturated heterocycles. The molecule has 1 amide bonds. The minimum atomic E-state index is -1.04. The SMILES string of the molecule is CCCCC(N)C(=O)N(CCOC)CC(=O)O. The third-order valence-corrected chi connectivity index (χ3v) is 2.39. The van der Waals surface area contributed by atoms with Gasteiger partial charge in [-0.1, -0.05) is 19.8 Å². The van der Waals surface area contributed by atoms with Gasteiger partial charge in [-0.05, 0) is 6.42 Å². The number of ether oxygens (including phenoxy) is 1. The van der Waals surface area contributed by atoms with Gasteiger partial charge in [-0.15, -0.1) is 0 Å². The lowest BCUT2D eigenvalue weighted by Crippen LogP contribution is -2.47. The second-order valence-corrected chi connectivity index (χ2v) is 3.90. The molecule has 6 nitrogen and oxygen atoms in total. The molecule has 0 aliphatic heterocycles. The van der Waals surface area contributed by atoms with Gasteiger partial charge < -0.3 is 20.5 Å². The molecular formula is C11H22N2O4. The lowest BCUT2D eigenvalue weighted by atomic mass is 10.1. The maximum atomic E-state index is 11.9. The Hall–Kier alpha value is -1.14. The third-order valence-electron chi connectivity index (χ3n) is 2.39. The quantitative estimate of drug-likeness (QED) is 0.600. The van der Waals surface area contributed by atoms with Crippen molar-refractivity contribution in [1.29, 1.82) is 0 Å². The first-order valence-electron chi connectivity index (χ1n) is 5.78. The van der Waals surface area contributed by atoms with Gasteiger partial charge in [0.1, 0.15) is 6.54 Å². The third kappa shape index (κ3) is 6.91. The van der Waals surface area contributed by atoms with E-state index in [9.17, 15) is 9.59 Å². The fourth-order valence-electron chi connectivity index (χ4n) is 1.41. The van der Waals surface area contributed by atoms with Crippen LogP contribution in [0.2, 0.25) is 0 Å². The molecule has 1 atom stereocenters. The van der Waals surface area contributed by atoms with Crippen molar-refractivity contribution in [3.8, 4) is 0 Å². The highest BCUT2D eigenvalue weighted by atomic mass is 16.5. The summed E-state index contributed by atoms with van der Waals surface area (Å²) in [7, 11) is 1.50. The van der Waals surface area contributed by atoms with Crippen LogP contribution in [0, 0.1) is 0 Å². The molecule has 0 heterocycles. The zero-order valence-corrected chi connectivity index (χ0v) is 10.5. The molecule has 100 valence electrons. The number of rotatable bonds is 9. The number of nitrogens with zero attached hydrogens (tertiary/aromatic N) is 1. The lowest BCUT2D eigenvalue weighted by Gasteiger charge is -2.23. The summed E-state index contributed by atoms with van der Waals surface area (Å²) in [6.45, 7) is 2.24. The molecule has 0 spiro atoms. The number of methoxy groups -OCH3 is 1. The van der Waals surface area contributed by atoms with Crippen LogP contribution in [-0.2, 0) is 14.3 Å². The number of carbonyl (C=O) groups excluding carboxylic acids is 1. The summed E-state index contributed by atoms with van der Waals surface area (Å²) in [5, 5.41) is 8.71. The van der Waals surface area contributed by atoms with Gasteiger partial charge in [0.15, 0.2) is 0 Å². The Kier molecular flexibility index (Phi) is 8.35. The van der Waals surface area contributed by atoms with E-state index in [2.05, 4.69) is 0 Å². The number of carboxylic acids is 1. The van der Waals surface area contributed by atoms with Crippen LogP contribution < -0.4 is 5.73 Å². The Morgan fingerprint density at radius 2 is 2.12 bits per heavy atom. The highest BCUT2D eigenvalue weighted by molar-refractivity contribution is 5.85. The second-order valence-electron chi connectivity index (χ2n) is 3.90. The van der Waals surface area contributed by atoms with Crippen LogP contribution >= 0.6 is 0 Å². The number of hydrogen-bond donors (Lipinski definition) is 2. The van der Waals surface area contributed by atoms with Gasteiger partial charge in [-0.2, -0.15) is 0 Å². The molecule has 3 N–H and O–H groups in total. The summed E-state index contributed by atoms with van der Waals surface area (Å²) < 4.78 is 4.84. The van der Waals surface area contributed by atoms with Gasteiger partial charge in [0.25, 0.3) is 0 Å². The van der Waals surface area contributed by atoms with E-state index in [0.717, 1.165) is 12.8 Å². The Bertz CT molecular complexity index is 246. The number of amides is 1. The normalized spacial score (nSPS) is 12.2. The minimum absolute atomic E-state index is 0.251. The van der Waals surface area contributed by atoms with Crippen molar-refractivity contribution >= 4 is 11.9 Å². The van der Waals surface area contributed by atoms with Gasteiger partial charge in [-0.3, -0.25) is 9.59 Å². The molecule has 6 heteroatoms. The molecule has 0 bridgehead atoms. The molecule has 1 unspecified atom stereocenters. The van der Waals surface area contributed by atoms with E-state index in [1.165, 1.54) is 12.0 Å². The molecule has 0 saturated carbocycles. The van der Waals surface area contributed by atoms with Crippen LogP contribution in [0.3, 0.4) is 0 Å². The average Bonchev–Trinajstić information content (AvgIpc) is 2.29. The fraction of sp³-hybridized carbons (Fsp3) is 0.818.